The maximum atomic E-state index is 12.5. The van der Waals surface area contributed by atoms with E-state index in [1.807, 2.05) is 13.0 Å². The van der Waals surface area contributed by atoms with Gasteiger partial charge in [0.05, 0.1) is 0 Å². The monoisotopic (exact) mass is 275 g/mol. The summed E-state index contributed by atoms with van der Waals surface area (Å²) in [5, 5.41) is 3.16. The van der Waals surface area contributed by atoms with Gasteiger partial charge in [-0.2, -0.15) is 13.2 Å². The maximum Gasteiger partial charge on any atom is 0.405 e. The van der Waals surface area contributed by atoms with Gasteiger partial charge in [-0.15, -0.1) is 0 Å². The molecule has 0 aliphatic heterocycles. The van der Waals surface area contributed by atoms with Crippen LogP contribution in [-0.2, 0) is 6.54 Å². The van der Waals surface area contributed by atoms with Gasteiger partial charge >= 0.3 is 6.18 Å². The minimum absolute atomic E-state index is 0.278. The van der Waals surface area contributed by atoms with Gasteiger partial charge in [0.2, 0.25) is 0 Å². The average molecular weight is 275 g/mol. The molecule has 0 spiro atoms. The third-order valence-corrected chi connectivity index (χ3v) is 2.74. The molecule has 0 bridgehead atoms. The first-order valence-electron chi connectivity index (χ1n) is 6.35. The molecule has 0 atom stereocenters. The van der Waals surface area contributed by atoms with Crippen molar-refractivity contribution in [1.29, 1.82) is 0 Å². The minimum Gasteiger partial charge on any atom is -0.348 e. The molecule has 0 aliphatic carbocycles. The molecule has 0 aliphatic rings. The Bertz CT molecular complexity index is 405. The summed E-state index contributed by atoms with van der Waals surface area (Å²) in [5.41, 5.74) is 1.74. The van der Waals surface area contributed by atoms with Crippen LogP contribution in [0.3, 0.4) is 0 Å². The number of anilines is 1. The van der Waals surface area contributed by atoms with Crippen molar-refractivity contribution >= 4 is 5.82 Å². The Balaban J connectivity index is 2.87. The number of hydrogen-bond donors (Lipinski definition) is 1. The second kappa shape index (κ2) is 6.75. The van der Waals surface area contributed by atoms with Crippen LogP contribution in [0.25, 0.3) is 0 Å². The Morgan fingerprint density at radius 3 is 2.47 bits per heavy atom. The lowest BCUT2D eigenvalue weighted by molar-refractivity contribution is -0.119. The van der Waals surface area contributed by atoms with Crippen molar-refractivity contribution < 1.29 is 13.2 Å². The van der Waals surface area contributed by atoms with Gasteiger partial charge in [-0.05, 0) is 37.6 Å². The molecule has 0 radical (unpaired) electrons. The zero-order valence-electron chi connectivity index (χ0n) is 11.5. The molecular weight excluding hydrogens is 255 g/mol. The number of alkyl halides is 3. The maximum absolute atomic E-state index is 12.5. The van der Waals surface area contributed by atoms with E-state index in [1.54, 1.807) is 20.0 Å². The van der Waals surface area contributed by atoms with E-state index in [9.17, 15) is 13.2 Å². The van der Waals surface area contributed by atoms with E-state index in [2.05, 4.69) is 10.3 Å². The molecule has 1 aromatic rings. The Labute approximate surface area is 111 Å². The molecule has 1 heterocycles. The molecule has 108 valence electrons. The topological polar surface area (TPSA) is 28.2 Å². The van der Waals surface area contributed by atoms with Gasteiger partial charge in [0.25, 0.3) is 0 Å². The molecule has 0 saturated carbocycles. The summed E-state index contributed by atoms with van der Waals surface area (Å²) in [6, 6.07) is 1.88. The van der Waals surface area contributed by atoms with Crippen LogP contribution in [0.15, 0.2) is 12.3 Å². The summed E-state index contributed by atoms with van der Waals surface area (Å²) in [4.78, 5) is 5.41. The lowest BCUT2D eigenvalue weighted by Gasteiger charge is -2.25. The number of pyridine rings is 1. The number of hydrogen-bond acceptors (Lipinski definition) is 3. The third-order valence-electron chi connectivity index (χ3n) is 2.74. The van der Waals surface area contributed by atoms with E-state index in [-0.39, 0.29) is 6.54 Å². The quantitative estimate of drug-likeness (QED) is 0.865. The SMILES string of the molecule is CCNCc1cnc(N(CC)CC(F)(F)F)c(C)c1. The fraction of sp³-hybridized carbons (Fsp3) is 0.615. The number of rotatable bonds is 6. The summed E-state index contributed by atoms with van der Waals surface area (Å²) in [6.07, 6.45) is -2.59. The first kappa shape index (κ1) is 15.8. The third kappa shape index (κ3) is 5.06. The van der Waals surface area contributed by atoms with Crippen LogP contribution in [0.5, 0.6) is 0 Å². The fourth-order valence-electron chi connectivity index (χ4n) is 1.88. The molecule has 0 saturated heterocycles. The van der Waals surface area contributed by atoms with Crippen molar-refractivity contribution in [1.82, 2.24) is 10.3 Å². The van der Waals surface area contributed by atoms with E-state index in [0.717, 1.165) is 17.7 Å². The predicted molar refractivity (Wildman–Crippen MR) is 70.3 cm³/mol. The molecule has 0 amide bonds. The summed E-state index contributed by atoms with van der Waals surface area (Å²) in [5.74, 6) is 0.403. The summed E-state index contributed by atoms with van der Waals surface area (Å²) >= 11 is 0. The van der Waals surface area contributed by atoms with E-state index >= 15 is 0 Å². The van der Waals surface area contributed by atoms with Gasteiger partial charge in [-0.25, -0.2) is 4.98 Å². The average Bonchev–Trinajstić information content (AvgIpc) is 2.33. The Kier molecular flexibility index (Phi) is 5.60. The highest BCUT2D eigenvalue weighted by Gasteiger charge is 2.31. The molecule has 1 N–H and O–H groups in total. The van der Waals surface area contributed by atoms with Crippen molar-refractivity contribution in [2.45, 2.75) is 33.5 Å². The van der Waals surface area contributed by atoms with Crippen LogP contribution in [0, 0.1) is 6.92 Å². The highest BCUT2D eigenvalue weighted by Crippen LogP contribution is 2.23. The van der Waals surface area contributed by atoms with E-state index in [0.29, 0.717) is 12.4 Å². The van der Waals surface area contributed by atoms with Crippen molar-refractivity contribution in [3.05, 3.63) is 23.4 Å². The molecular formula is C13H20F3N3. The summed E-state index contributed by atoms with van der Waals surface area (Å²) < 4.78 is 37.4. The van der Waals surface area contributed by atoms with Crippen molar-refractivity contribution in [3.63, 3.8) is 0 Å². The second-order valence-electron chi connectivity index (χ2n) is 4.39. The molecule has 0 fully saturated rings. The molecule has 19 heavy (non-hydrogen) atoms. The number of aromatic nitrogens is 1. The number of aryl methyl sites for hydroxylation is 1. The smallest absolute Gasteiger partial charge is 0.348 e. The van der Waals surface area contributed by atoms with Gasteiger partial charge < -0.3 is 10.2 Å². The largest absolute Gasteiger partial charge is 0.405 e. The molecule has 0 aromatic carbocycles. The number of halogens is 3. The molecule has 3 nitrogen and oxygen atoms in total. The molecule has 0 unspecified atom stereocenters. The number of nitrogens with one attached hydrogen (secondary N) is 1. The Morgan fingerprint density at radius 2 is 2.00 bits per heavy atom. The van der Waals surface area contributed by atoms with Crippen molar-refractivity contribution in [2.75, 3.05) is 24.5 Å². The van der Waals surface area contributed by atoms with Gasteiger partial charge in [-0.1, -0.05) is 6.92 Å². The van der Waals surface area contributed by atoms with Crippen LogP contribution < -0.4 is 10.2 Å². The molecule has 6 heteroatoms. The van der Waals surface area contributed by atoms with Crippen molar-refractivity contribution in [2.24, 2.45) is 0 Å². The summed E-state index contributed by atoms with van der Waals surface area (Å²) in [6.45, 7) is 6.31. The van der Waals surface area contributed by atoms with Gasteiger partial charge in [0.15, 0.2) is 0 Å². The molecule has 1 aromatic heterocycles. The van der Waals surface area contributed by atoms with Gasteiger partial charge in [0, 0.05) is 19.3 Å². The lowest BCUT2D eigenvalue weighted by atomic mass is 10.2. The summed E-state index contributed by atoms with van der Waals surface area (Å²) in [7, 11) is 0. The zero-order valence-corrected chi connectivity index (χ0v) is 11.5. The van der Waals surface area contributed by atoms with E-state index in [4.69, 9.17) is 0 Å². The highest BCUT2D eigenvalue weighted by atomic mass is 19.4. The number of nitrogens with zero attached hydrogens (tertiary/aromatic N) is 2. The lowest BCUT2D eigenvalue weighted by Crippen LogP contribution is -2.35. The van der Waals surface area contributed by atoms with Crippen LogP contribution in [-0.4, -0.2) is 30.8 Å². The predicted octanol–water partition coefficient (Wildman–Crippen LogP) is 2.89. The fourth-order valence-corrected chi connectivity index (χ4v) is 1.88. The Hall–Kier alpha value is -1.30. The van der Waals surface area contributed by atoms with Gasteiger partial charge in [0.1, 0.15) is 12.4 Å². The normalized spacial score (nSPS) is 11.7. The second-order valence-corrected chi connectivity index (χ2v) is 4.39. The van der Waals surface area contributed by atoms with Crippen LogP contribution in [0.1, 0.15) is 25.0 Å². The van der Waals surface area contributed by atoms with Crippen LogP contribution >= 0.6 is 0 Å². The minimum atomic E-state index is -4.22. The van der Waals surface area contributed by atoms with Gasteiger partial charge in [-0.3, -0.25) is 0 Å². The van der Waals surface area contributed by atoms with Crippen molar-refractivity contribution in [3.8, 4) is 0 Å². The van der Waals surface area contributed by atoms with Crippen LogP contribution in [0.4, 0.5) is 19.0 Å². The Morgan fingerprint density at radius 1 is 1.32 bits per heavy atom. The van der Waals surface area contributed by atoms with E-state index < -0.39 is 12.7 Å². The van der Waals surface area contributed by atoms with Crippen LogP contribution in [0.2, 0.25) is 0 Å². The highest BCUT2D eigenvalue weighted by molar-refractivity contribution is 5.47. The standard InChI is InChI=1S/C13H20F3N3/c1-4-17-7-11-6-10(3)12(18-8-11)19(5-2)9-13(14,15)16/h6,8,17H,4-5,7,9H2,1-3H3. The molecule has 1 rings (SSSR count). The first-order valence-corrected chi connectivity index (χ1v) is 6.35. The van der Waals surface area contributed by atoms with E-state index in [1.165, 1.54) is 4.90 Å². The first-order chi connectivity index (χ1) is 8.87. The zero-order chi connectivity index (χ0) is 14.5.